The molecule has 1 aliphatic carbocycles. The second-order valence-corrected chi connectivity index (χ2v) is 8.06. The number of halogens is 5. The molecular weight excluding hydrogens is 429 g/mol. The standard InChI is InChI=1S/C18H20F5N5OS/c1-10-14(18(21,22)23)15(16(29)25-12-7-13(30-2)26-24-8-12)28(27-10)9-11-3-5-17(19,20)6-4-11/h7-8,11H,3-6,9H2,1-2H3,(H,25,26,29). The Bertz CT molecular complexity index is 920. The zero-order chi connectivity index (χ0) is 22.1. The molecule has 0 unspecified atom stereocenters. The van der Waals surface area contributed by atoms with Crippen molar-refractivity contribution in [1.29, 1.82) is 0 Å². The molecule has 0 aliphatic heterocycles. The van der Waals surface area contributed by atoms with Gasteiger partial charge in [-0.25, -0.2) is 8.78 Å². The molecule has 0 spiro atoms. The highest BCUT2D eigenvalue weighted by Gasteiger charge is 2.42. The van der Waals surface area contributed by atoms with Crippen LogP contribution in [0.5, 0.6) is 0 Å². The Balaban J connectivity index is 1.91. The molecule has 0 saturated heterocycles. The van der Waals surface area contributed by atoms with Crippen LogP contribution in [0.2, 0.25) is 0 Å². The van der Waals surface area contributed by atoms with E-state index in [1.165, 1.54) is 30.9 Å². The Labute approximate surface area is 173 Å². The number of aromatic nitrogens is 4. The fourth-order valence-corrected chi connectivity index (χ4v) is 3.89. The van der Waals surface area contributed by atoms with E-state index >= 15 is 0 Å². The third-order valence-corrected chi connectivity index (χ3v) is 5.61. The van der Waals surface area contributed by atoms with E-state index in [0.717, 1.165) is 4.68 Å². The Kier molecular flexibility index (Phi) is 6.34. The van der Waals surface area contributed by atoms with Crippen LogP contribution in [0.4, 0.5) is 27.6 Å². The highest BCUT2D eigenvalue weighted by atomic mass is 32.2. The maximum absolute atomic E-state index is 13.7. The zero-order valence-corrected chi connectivity index (χ0v) is 17.1. The maximum Gasteiger partial charge on any atom is 0.420 e. The molecule has 2 aromatic heterocycles. The van der Waals surface area contributed by atoms with Gasteiger partial charge in [-0.3, -0.25) is 9.48 Å². The number of thioether (sulfide) groups is 1. The highest BCUT2D eigenvalue weighted by Crippen LogP contribution is 2.39. The zero-order valence-electron chi connectivity index (χ0n) is 16.3. The van der Waals surface area contributed by atoms with Crippen LogP contribution in [0, 0.1) is 12.8 Å². The molecule has 164 valence electrons. The quantitative estimate of drug-likeness (QED) is 0.525. The first-order valence-electron chi connectivity index (χ1n) is 9.20. The number of hydrogen-bond donors (Lipinski definition) is 1. The van der Waals surface area contributed by atoms with Crippen LogP contribution >= 0.6 is 11.8 Å². The van der Waals surface area contributed by atoms with Gasteiger partial charge in [0.2, 0.25) is 5.92 Å². The van der Waals surface area contributed by atoms with E-state index in [4.69, 9.17) is 0 Å². The fourth-order valence-electron chi connectivity index (χ4n) is 3.52. The molecule has 1 saturated carbocycles. The number of alkyl halides is 5. The van der Waals surface area contributed by atoms with Crippen LogP contribution in [0.25, 0.3) is 0 Å². The van der Waals surface area contributed by atoms with Crippen LogP contribution in [-0.2, 0) is 12.7 Å². The van der Waals surface area contributed by atoms with Gasteiger partial charge in [0.05, 0.1) is 17.6 Å². The number of anilines is 1. The van der Waals surface area contributed by atoms with Crippen molar-refractivity contribution >= 4 is 23.4 Å². The van der Waals surface area contributed by atoms with E-state index < -0.39 is 29.3 Å². The normalized spacial score (nSPS) is 17.2. The van der Waals surface area contributed by atoms with E-state index in [1.807, 2.05) is 0 Å². The molecule has 2 heterocycles. The van der Waals surface area contributed by atoms with E-state index in [0.29, 0.717) is 5.03 Å². The summed E-state index contributed by atoms with van der Waals surface area (Å²) in [6.07, 6.45) is -2.18. The van der Waals surface area contributed by atoms with Crippen LogP contribution < -0.4 is 5.32 Å². The third kappa shape index (κ3) is 5.08. The first-order chi connectivity index (χ1) is 14.0. The number of carbonyl (C=O) groups is 1. The van der Waals surface area contributed by atoms with Crippen LogP contribution in [0.1, 0.15) is 47.4 Å². The van der Waals surface area contributed by atoms with Crippen LogP contribution in [-0.4, -0.2) is 38.1 Å². The summed E-state index contributed by atoms with van der Waals surface area (Å²) in [6.45, 7) is 1.13. The Morgan fingerprint density at radius 1 is 1.33 bits per heavy atom. The first kappa shape index (κ1) is 22.4. The lowest BCUT2D eigenvalue weighted by Crippen LogP contribution is -2.29. The van der Waals surface area contributed by atoms with Crippen molar-refractivity contribution in [2.45, 2.75) is 56.3 Å². The smallest absolute Gasteiger partial charge is 0.319 e. The van der Waals surface area contributed by atoms with Gasteiger partial charge < -0.3 is 5.32 Å². The second-order valence-electron chi connectivity index (χ2n) is 7.23. The highest BCUT2D eigenvalue weighted by molar-refractivity contribution is 7.98. The minimum atomic E-state index is -4.80. The summed E-state index contributed by atoms with van der Waals surface area (Å²) in [7, 11) is 0. The van der Waals surface area contributed by atoms with Crippen molar-refractivity contribution < 1.29 is 26.7 Å². The molecule has 12 heteroatoms. The van der Waals surface area contributed by atoms with Crippen molar-refractivity contribution in [3.8, 4) is 0 Å². The Hall–Kier alpha value is -2.24. The third-order valence-electron chi connectivity index (χ3n) is 4.99. The van der Waals surface area contributed by atoms with Gasteiger partial charge in [0.15, 0.2) is 0 Å². The SMILES string of the molecule is CSc1cc(NC(=O)c2c(C(F)(F)F)c(C)nn2CC2CCC(F)(F)CC2)cnn1. The minimum Gasteiger partial charge on any atom is -0.319 e. The summed E-state index contributed by atoms with van der Waals surface area (Å²) in [4.78, 5) is 12.8. The predicted molar refractivity (Wildman–Crippen MR) is 101 cm³/mol. The molecule has 0 bridgehead atoms. The van der Waals surface area contributed by atoms with Crippen molar-refractivity contribution in [2.24, 2.45) is 5.92 Å². The number of rotatable bonds is 5. The molecule has 3 rings (SSSR count). The molecule has 30 heavy (non-hydrogen) atoms. The van der Waals surface area contributed by atoms with Gasteiger partial charge in [-0.1, -0.05) is 0 Å². The number of nitrogens with one attached hydrogen (secondary N) is 1. The van der Waals surface area contributed by atoms with E-state index in [-0.39, 0.29) is 49.5 Å². The largest absolute Gasteiger partial charge is 0.420 e. The summed E-state index contributed by atoms with van der Waals surface area (Å²) in [5.41, 5.74) is -1.92. The van der Waals surface area contributed by atoms with Gasteiger partial charge in [-0.2, -0.15) is 23.4 Å². The lowest BCUT2D eigenvalue weighted by molar-refractivity contribution is -0.138. The summed E-state index contributed by atoms with van der Waals surface area (Å²) in [5.74, 6) is -4.04. The molecule has 0 atom stereocenters. The molecule has 1 fully saturated rings. The monoisotopic (exact) mass is 449 g/mol. The first-order valence-corrected chi connectivity index (χ1v) is 10.4. The number of hydrogen-bond acceptors (Lipinski definition) is 5. The van der Waals surface area contributed by atoms with E-state index in [1.54, 1.807) is 6.26 Å². The van der Waals surface area contributed by atoms with Gasteiger partial charge >= 0.3 is 6.18 Å². The molecular formula is C18H20F5N5OS. The van der Waals surface area contributed by atoms with Gasteiger partial charge in [0.25, 0.3) is 5.91 Å². The molecule has 1 amide bonds. The van der Waals surface area contributed by atoms with Gasteiger partial charge in [-0.15, -0.1) is 16.9 Å². The molecule has 1 N–H and O–H groups in total. The maximum atomic E-state index is 13.7. The average molecular weight is 449 g/mol. The number of aryl methyl sites for hydroxylation is 1. The molecule has 1 aliphatic rings. The number of carbonyl (C=O) groups excluding carboxylic acids is 1. The summed E-state index contributed by atoms with van der Waals surface area (Å²) >= 11 is 1.26. The van der Waals surface area contributed by atoms with Gasteiger partial charge in [0.1, 0.15) is 16.3 Å². The second kappa shape index (κ2) is 8.48. The minimum absolute atomic E-state index is 0.0413. The van der Waals surface area contributed by atoms with Crippen LogP contribution in [0.3, 0.4) is 0 Å². The van der Waals surface area contributed by atoms with Crippen LogP contribution in [0.15, 0.2) is 17.3 Å². The molecule has 0 radical (unpaired) electrons. The summed E-state index contributed by atoms with van der Waals surface area (Å²) in [5, 5.41) is 14.3. The lowest BCUT2D eigenvalue weighted by Gasteiger charge is -2.28. The van der Waals surface area contributed by atoms with Crippen molar-refractivity contribution in [1.82, 2.24) is 20.0 Å². The Morgan fingerprint density at radius 2 is 2.00 bits per heavy atom. The summed E-state index contributed by atoms with van der Waals surface area (Å²) < 4.78 is 68.8. The number of amides is 1. The van der Waals surface area contributed by atoms with Gasteiger partial charge in [0, 0.05) is 19.4 Å². The average Bonchev–Trinajstić information content (AvgIpc) is 3.00. The molecule has 2 aromatic rings. The van der Waals surface area contributed by atoms with Crippen molar-refractivity contribution in [3.05, 3.63) is 29.2 Å². The number of nitrogens with zero attached hydrogens (tertiary/aromatic N) is 4. The van der Waals surface area contributed by atoms with Gasteiger partial charge in [-0.05, 0) is 38.0 Å². The Morgan fingerprint density at radius 3 is 2.60 bits per heavy atom. The molecule has 0 aromatic carbocycles. The molecule has 6 nitrogen and oxygen atoms in total. The predicted octanol–water partition coefficient (Wildman–Crippen LogP) is 4.80. The topological polar surface area (TPSA) is 72.7 Å². The lowest BCUT2D eigenvalue weighted by atomic mass is 9.87. The van der Waals surface area contributed by atoms with Crippen molar-refractivity contribution in [2.75, 3.05) is 11.6 Å². The van der Waals surface area contributed by atoms with E-state index in [2.05, 4.69) is 20.6 Å². The summed E-state index contributed by atoms with van der Waals surface area (Å²) in [6, 6.07) is 1.49. The van der Waals surface area contributed by atoms with E-state index in [9.17, 15) is 26.7 Å². The van der Waals surface area contributed by atoms with Crippen molar-refractivity contribution in [3.63, 3.8) is 0 Å². The fraction of sp³-hybridized carbons (Fsp3) is 0.556.